The predicted molar refractivity (Wildman–Crippen MR) is 240 cm³/mol. The summed E-state index contributed by atoms with van der Waals surface area (Å²) in [7, 11) is 0. The van der Waals surface area contributed by atoms with Crippen LogP contribution in [0, 0.1) is 0 Å². The molecule has 6 rings (SSSR count). The van der Waals surface area contributed by atoms with Crippen LogP contribution in [0.4, 0.5) is 0 Å². The summed E-state index contributed by atoms with van der Waals surface area (Å²) in [4.78, 5) is 127. The molecule has 378 valence electrons. The van der Waals surface area contributed by atoms with Crippen LogP contribution in [-0.2, 0) is 63.8 Å². The lowest BCUT2D eigenvalue weighted by Gasteiger charge is -2.41. The fraction of sp³-hybridized carbons (Fsp3) is 0.320. The first-order chi connectivity index (χ1) is 33.9. The van der Waals surface area contributed by atoms with Crippen molar-refractivity contribution in [2.24, 2.45) is 0 Å². The van der Waals surface area contributed by atoms with Gasteiger partial charge in [0, 0.05) is 122 Å². The van der Waals surface area contributed by atoms with Gasteiger partial charge in [-0.15, -0.1) is 0 Å². The first kappa shape index (κ1) is 52.5. The lowest BCUT2D eigenvalue weighted by Crippen LogP contribution is -2.40. The van der Waals surface area contributed by atoms with Gasteiger partial charge in [0.1, 0.15) is 40.6 Å². The largest absolute Gasteiger partial charge is 0.481 e. The van der Waals surface area contributed by atoms with Crippen LogP contribution in [0.15, 0.2) is 54.6 Å². The van der Waals surface area contributed by atoms with Gasteiger partial charge in [-0.25, -0.2) is 0 Å². The molecular weight excluding hydrogens is 953 g/mol. The fourth-order valence-electron chi connectivity index (χ4n) is 8.11. The zero-order chi connectivity index (χ0) is 52.9. The highest BCUT2D eigenvalue weighted by Gasteiger charge is 2.50. The number of carbonyl (C=O) groups excluding carboxylic acids is 10. The molecule has 0 spiro atoms. The number of hydrogen-bond acceptors (Lipinski definition) is 22. The predicted octanol–water partition coefficient (Wildman–Crippen LogP) is 5.89. The number of hydrogen-bond donors (Lipinski definition) is 0. The van der Waals surface area contributed by atoms with Crippen LogP contribution in [0.3, 0.4) is 0 Å². The van der Waals surface area contributed by atoms with Crippen molar-refractivity contribution in [2.75, 3.05) is 0 Å². The average Bonchev–Trinajstić information content (AvgIpc) is 3.23. The smallest absolute Gasteiger partial charge is 0.308 e. The molecule has 0 N–H and O–H groups in total. The number of carbonyl (C=O) groups is 10. The van der Waals surface area contributed by atoms with Crippen molar-refractivity contribution in [2.45, 2.75) is 106 Å². The minimum absolute atomic E-state index is 0.00922. The lowest BCUT2D eigenvalue weighted by molar-refractivity contribution is -0.154. The van der Waals surface area contributed by atoms with E-state index in [9.17, 15) is 47.9 Å². The van der Waals surface area contributed by atoms with Crippen LogP contribution in [0.1, 0.15) is 115 Å². The number of ether oxygens (including phenoxy) is 12. The normalized spacial score (nSPS) is 17.3. The Bertz CT molecular complexity index is 2930. The number of esters is 10. The summed E-state index contributed by atoms with van der Waals surface area (Å²) in [6.07, 6.45) is -6.12. The Morgan fingerprint density at radius 3 is 1.31 bits per heavy atom. The van der Waals surface area contributed by atoms with Gasteiger partial charge in [0.2, 0.25) is 0 Å². The summed E-state index contributed by atoms with van der Waals surface area (Å²) in [5.41, 5.74) is -0.0679. The molecule has 0 fully saturated rings. The Morgan fingerprint density at radius 1 is 0.403 bits per heavy atom. The molecule has 0 saturated carbocycles. The minimum Gasteiger partial charge on any atom is -0.481 e. The van der Waals surface area contributed by atoms with Gasteiger partial charge in [-0.05, 0) is 24.3 Å². The number of rotatable bonds is 13. The standard InChI is InChI=1S/C50H46O22/c1-21(51)61-33-17-40(66-26(6)56)44-41(18-33)72-48(32-12-14-36(63-23(3)53)39(16-32)65-25(5)55)50(70-30(10)60)46(44)45-42(67-27(7)57)20-37-34(49(45)69-29(9)59)19-43(68-28(8)58)47(71-37)31-11-13-35(62-22(2)52)38(15-31)64-24(4)54/h11-18,20,43,46-48,50H,19H2,1-10H3/t43-,46-,47+,48+,50-/m0/s1. The molecule has 2 heterocycles. The third-order valence-electron chi connectivity index (χ3n) is 10.2. The molecule has 2 aliphatic heterocycles. The van der Waals surface area contributed by atoms with E-state index in [0.717, 1.165) is 75.3 Å². The van der Waals surface area contributed by atoms with Gasteiger partial charge in [-0.2, -0.15) is 0 Å². The Kier molecular flexibility index (Phi) is 16.0. The van der Waals surface area contributed by atoms with E-state index in [1.54, 1.807) is 0 Å². The van der Waals surface area contributed by atoms with Crippen molar-refractivity contribution >= 4 is 59.7 Å². The molecule has 4 aromatic carbocycles. The fourth-order valence-corrected chi connectivity index (χ4v) is 8.11. The SMILES string of the molecule is CC(=O)Oc1cc(OC(C)=O)c2c(c1)O[C@H](c1ccc(OC(C)=O)c(OC(C)=O)c1)[C@@H](OC(C)=O)[C@@H]2c1c(OC(C)=O)cc2c(c1OC(C)=O)C[C@H](OC(C)=O)[C@@H](c1ccc(OC(C)=O)c(OC(C)=O)c1)O2. The molecule has 22 heteroatoms. The molecule has 0 saturated heterocycles. The third kappa shape index (κ3) is 12.5. The summed E-state index contributed by atoms with van der Waals surface area (Å²) in [5, 5.41) is 0. The van der Waals surface area contributed by atoms with Gasteiger partial charge >= 0.3 is 59.7 Å². The molecule has 22 nitrogen and oxygen atoms in total. The van der Waals surface area contributed by atoms with Crippen molar-refractivity contribution in [1.82, 2.24) is 0 Å². The molecule has 0 amide bonds. The van der Waals surface area contributed by atoms with Crippen molar-refractivity contribution in [1.29, 1.82) is 0 Å². The second-order valence-corrected chi connectivity index (χ2v) is 16.1. The van der Waals surface area contributed by atoms with Gasteiger partial charge < -0.3 is 56.8 Å². The molecular formula is C50H46O22. The molecule has 0 bridgehead atoms. The molecule has 2 aliphatic rings. The highest BCUT2D eigenvalue weighted by atomic mass is 16.6. The summed E-state index contributed by atoms with van der Waals surface area (Å²) in [6.45, 7) is 10.9. The van der Waals surface area contributed by atoms with Crippen LogP contribution in [0.25, 0.3) is 0 Å². The third-order valence-corrected chi connectivity index (χ3v) is 10.2. The molecule has 72 heavy (non-hydrogen) atoms. The molecule has 0 unspecified atom stereocenters. The van der Waals surface area contributed by atoms with Gasteiger partial charge in [0.05, 0.1) is 5.92 Å². The Morgan fingerprint density at radius 2 is 0.833 bits per heavy atom. The van der Waals surface area contributed by atoms with E-state index in [1.165, 1.54) is 48.5 Å². The number of benzene rings is 4. The summed E-state index contributed by atoms with van der Waals surface area (Å²) in [5.74, 6) is -12.5. The van der Waals surface area contributed by atoms with Crippen molar-refractivity contribution in [3.05, 3.63) is 82.4 Å². The van der Waals surface area contributed by atoms with Crippen LogP contribution in [0.5, 0.6) is 57.5 Å². The highest BCUT2D eigenvalue weighted by molar-refractivity contribution is 5.80. The summed E-state index contributed by atoms with van der Waals surface area (Å²) in [6, 6.07) is 11.6. The van der Waals surface area contributed by atoms with E-state index in [-0.39, 0.29) is 80.2 Å². The Hall–Kier alpha value is -8.82. The van der Waals surface area contributed by atoms with E-state index < -0.39 is 102 Å². The van der Waals surface area contributed by atoms with Crippen molar-refractivity contribution in [3.63, 3.8) is 0 Å². The number of fused-ring (bicyclic) bond motifs is 2. The second kappa shape index (κ2) is 21.9. The first-order valence-electron chi connectivity index (χ1n) is 21.7. The van der Waals surface area contributed by atoms with Crippen LogP contribution in [-0.4, -0.2) is 71.9 Å². The van der Waals surface area contributed by atoms with E-state index in [2.05, 4.69) is 0 Å². The highest BCUT2D eigenvalue weighted by Crippen LogP contribution is 2.58. The van der Waals surface area contributed by atoms with Crippen LogP contribution in [0.2, 0.25) is 0 Å². The molecule has 0 aromatic heterocycles. The lowest BCUT2D eigenvalue weighted by atomic mass is 9.77. The monoisotopic (exact) mass is 998 g/mol. The van der Waals surface area contributed by atoms with Gasteiger partial charge in [-0.1, -0.05) is 12.1 Å². The van der Waals surface area contributed by atoms with Gasteiger partial charge in [-0.3, -0.25) is 47.9 Å². The zero-order valence-electron chi connectivity index (χ0n) is 40.3. The van der Waals surface area contributed by atoms with Gasteiger partial charge in [0.15, 0.2) is 41.3 Å². The van der Waals surface area contributed by atoms with E-state index in [4.69, 9.17) is 56.8 Å². The quantitative estimate of drug-likeness (QED) is 0.111. The van der Waals surface area contributed by atoms with Crippen LogP contribution >= 0.6 is 0 Å². The van der Waals surface area contributed by atoms with Gasteiger partial charge in [0.25, 0.3) is 0 Å². The second-order valence-electron chi connectivity index (χ2n) is 16.1. The Labute approximate surface area is 409 Å². The minimum atomic E-state index is -1.69. The average molecular weight is 999 g/mol. The topological polar surface area (TPSA) is 281 Å². The molecule has 0 aliphatic carbocycles. The molecule has 4 aromatic rings. The van der Waals surface area contributed by atoms with E-state index >= 15 is 0 Å². The maximum absolute atomic E-state index is 13.4. The molecule has 0 radical (unpaired) electrons. The Balaban J connectivity index is 1.72. The first-order valence-corrected chi connectivity index (χ1v) is 21.7. The summed E-state index contributed by atoms with van der Waals surface area (Å²) >= 11 is 0. The van der Waals surface area contributed by atoms with Crippen molar-refractivity contribution < 1.29 is 105 Å². The zero-order valence-corrected chi connectivity index (χ0v) is 40.3. The maximum atomic E-state index is 13.4. The van der Waals surface area contributed by atoms with E-state index in [1.807, 2.05) is 0 Å². The van der Waals surface area contributed by atoms with Crippen molar-refractivity contribution in [3.8, 4) is 57.5 Å². The van der Waals surface area contributed by atoms with Crippen LogP contribution < -0.4 is 47.4 Å². The maximum Gasteiger partial charge on any atom is 0.308 e. The van der Waals surface area contributed by atoms with E-state index in [0.29, 0.717) is 0 Å². The summed E-state index contributed by atoms with van der Waals surface area (Å²) < 4.78 is 69.4. The molecule has 5 atom stereocenters.